The van der Waals surface area contributed by atoms with Gasteiger partial charge in [-0.15, -0.1) is 0 Å². The van der Waals surface area contributed by atoms with E-state index in [0.717, 1.165) is 22.9 Å². The number of ether oxygens (including phenoxy) is 1. The zero-order valence-electron chi connectivity index (χ0n) is 11.6. The van der Waals surface area contributed by atoms with Gasteiger partial charge in [0.15, 0.2) is 0 Å². The Hall–Kier alpha value is -1.93. The van der Waals surface area contributed by atoms with Crippen molar-refractivity contribution in [1.82, 2.24) is 4.57 Å². The molecule has 0 amide bonds. The fraction of sp³-hybridized carbons (Fsp3) is 0.176. The molecule has 0 atom stereocenters. The summed E-state index contributed by atoms with van der Waals surface area (Å²) < 4.78 is 7.55. The van der Waals surface area contributed by atoms with Crippen molar-refractivity contribution in [2.75, 3.05) is 7.11 Å². The molecule has 0 bridgehead atoms. The van der Waals surface area contributed by atoms with Gasteiger partial charge in [0, 0.05) is 28.2 Å². The van der Waals surface area contributed by atoms with Crippen LogP contribution in [0.4, 0.5) is 0 Å². The van der Waals surface area contributed by atoms with Gasteiger partial charge >= 0.3 is 0 Å². The fourth-order valence-corrected chi connectivity index (χ4v) is 2.72. The second kappa shape index (κ2) is 5.22. The van der Waals surface area contributed by atoms with Crippen molar-refractivity contribution in [2.45, 2.75) is 13.5 Å². The minimum absolute atomic E-state index is 0.779. The number of nitrogens with zero attached hydrogens (tertiary/aromatic N) is 1. The van der Waals surface area contributed by atoms with Crippen molar-refractivity contribution >= 4 is 22.5 Å². The van der Waals surface area contributed by atoms with Gasteiger partial charge in [0.2, 0.25) is 0 Å². The highest BCUT2D eigenvalue weighted by atomic mass is 35.5. The molecule has 0 spiro atoms. The Balaban J connectivity index is 2.07. The third-order valence-corrected chi connectivity index (χ3v) is 3.97. The van der Waals surface area contributed by atoms with Crippen LogP contribution in [0.1, 0.15) is 11.3 Å². The number of benzene rings is 2. The first-order chi connectivity index (χ1) is 9.69. The SMILES string of the molecule is COc1ccc2c(c1)cc(C)n2Cc1ccccc1Cl. The molecular weight excluding hydrogens is 270 g/mol. The molecule has 0 saturated carbocycles. The molecule has 2 nitrogen and oxygen atoms in total. The summed E-state index contributed by atoms with van der Waals surface area (Å²) in [6.07, 6.45) is 0. The third kappa shape index (κ3) is 2.27. The Labute approximate surface area is 123 Å². The average molecular weight is 286 g/mol. The van der Waals surface area contributed by atoms with E-state index in [0.29, 0.717) is 0 Å². The lowest BCUT2D eigenvalue weighted by molar-refractivity contribution is 0.415. The van der Waals surface area contributed by atoms with Gasteiger partial charge in [0.1, 0.15) is 5.75 Å². The third-order valence-electron chi connectivity index (χ3n) is 3.60. The van der Waals surface area contributed by atoms with Crippen LogP contribution in [0.15, 0.2) is 48.5 Å². The van der Waals surface area contributed by atoms with E-state index in [2.05, 4.69) is 35.8 Å². The predicted octanol–water partition coefficient (Wildman–Crippen LogP) is 4.66. The lowest BCUT2D eigenvalue weighted by Crippen LogP contribution is -2.01. The highest BCUT2D eigenvalue weighted by molar-refractivity contribution is 6.31. The van der Waals surface area contributed by atoms with Crippen LogP contribution >= 0.6 is 11.6 Å². The molecular formula is C17H16ClNO. The van der Waals surface area contributed by atoms with Crippen molar-refractivity contribution in [1.29, 1.82) is 0 Å². The Morgan fingerprint density at radius 2 is 1.90 bits per heavy atom. The van der Waals surface area contributed by atoms with Crippen LogP contribution in [-0.2, 0) is 6.54 Å². The lowest BCUT2D eigenvalue weighted by atomic mass is 10.2. The van der Waals surface area contributed by atoms with Crippen molar-refractivity contribution in [3.8, 4) is 5.75 Å². The molecule has 1 heterocycles. The van der Waals surface area contributed by atoms with Crippen molar-refractivity contribution in [3.63, 3.8) is 0 Å². The highest BCUT2D eigenvalue weighted by Crippen LogP contribution is 2.26. The number of methoxy groups -OCH3 is 1. The summed E-state index contributed by atoms with van der Waals surface area (Å²) in [6, 6.07) is 16.3. The van der Waals surface area contributed by atoms with Gasteiger partial charge in [0.25, 0.3) is 0 Å². The molecule has 2 aromatic carbocycles. The van der Waals surface area contributed by atoms with E-state index in [1.165, 1.54) is 16.6 Å². The average Bonchev–Trinajstić information content (AvgIpc) is 2.76. The van der Waals surface area contributed by atoms with Crippen LogP contribution in [0.5, 0.6) is 5.75 Å². The number of halogens is 1. The molecule has 3 heteroatoms. The monoisotopic (exact) mass is 285 g/mol. The standard InChI is InChI=1S/C17H16ClNO/c1-12-9-14-10-15(20-2)7-8-17(14)19(12)11-13-5-3-4-6-16(13)18/h3-10H,11H2,1-2H3. The Morgan fingerprint density at radius 3 is 2.65 bits per heavy atom. The first-order valence-electron chi connectivity index (χ1n) is 6.56. The van der Waals surface area contributed by atoms with E-state index in [-0.39, 0.29) is 0 Å². The first kappa shape index (κ1) is 13.1. The normalized spacial score (nSPS) is 10.9. The van der Waals surface area contributed by atoms with Crippen LogP contribution in [-0.4, -0.2) is 11.7 Å². The molecule has 3 rings (SSSR count). The maximum absolute atomic E-state index is 6.26. The number of hydrogen-bond donors (Lipinski definition) is 0. The second-order valence-electron chi connectivity index (χ2n) is 4.89. The summed E-state index contributed by atoms with van der Waals surface area (Å²) in [5, 5.41) is 2.00. The Morgan fingerprint density at radius 1 is 1.10 bits per heavy atom. The van der Waals surface area contributed by atoms with Gasteiger partial charge in [-0.05, 0) is 42.8 Å². The summed E-state index contributed by atoms with van der Waals surface area (Å²) in [7, 11) is 1.69. The van der Waals surface area contributed by atoms with Crippen LogP contribution in [0.2, 0.25) is 5.02 Å². The fourth-order valence-electron chi connectivity index (χ4n) is 2.52. The van der Waals surface area contributed by atoms with E-state index in [9.17, 15) is 0 Å². The van der Waals surface area contributed by atoms with Crippen LogP contribution in [0.25, 0.3) is 10.9 Å². The van der Waals surface area contributed by atoms with E-state index in [1.54, 1.807) is 7.11 Å². The predicted molar refractivity (Wildman–Crippen MR) is 83.8 cm³/mol. The summed E-state index contributed by atoms with van der Waals surface area (Å²) in [5.41, 5.74) is 3.54. The molecule has 0 saturated heterocycles. The quantitative estimate of drug-likeness (QED) is 0.683. The molecule has 102 valence electrons. The van der Waals surface area contributed by atoms with Gasteiger partial charge in [-0.3, -0.25) is 0 Å². The van der Waals surface area contributed by atoms with Crippen LogP contribution in [0.3, 0.4) is 0 Å². The molecule has 0 radical (unpaired) electrons. The molecule has 0 aliphatic heterocycles. The topological polar surface area (TPSA) is 14.2 Å². The molecule has 0 unspecified atom stereocenters. The smallest absolute Gasteiger partial charge is 0.119 e. The molecule has 20 heavy (non-hydrogen) atoms. The Kier molecular flexibility index (Phi) is 3.41. The first-order valence-corrected chi connectivity index (χ1v) is 6.94. The number of aromatic nitrogens is 1. The Bertz CT molecular complexity index is 761. The van der Waals surface area contributed by atoms with Gasteiger partial charge in [-0.25, -0.2) is 0 Å². The molecule has 0 fully saturated rings. The zero-order chi connectivity index (χ0) is 14.1. The maximum Gasteiger partial charge on any atom is 0.119 e. The molecule has 1 aromatic heterocycles. The number of rotatable bonds is 3. The van der Waals surface area contributed by atoms with Gasteiger partial charge in [-0.1, -0.05) is 29.8 Å². The van der Waals surface area contributed by atoms with Gasteiger partial charge in [0.05, 0.1) is 7.11 Å². The largest absolute Gasteiger partial charge is 0.497 e. The number of fused-ring (bicyclic) bond motifs is 1. The van der Waals surface area contributed by atoms with Crippen molar-refractivity contribution in [2.24, 2.45) is 0 Å². The summed E-state index contributed by atoms with van der Waals surface area (Å²) >= 11 is 6.26. The van der Waals surface area contributed by atoms with Crippen LogP contribution < -0.4 is 4.74 Å². The zero-order valence-corrected chi connectivity index (χ0v) is 12.3. The minimum atomic E-state index is 0.779. The molecule has 0 N–H and O–H groups in total. The second-order valence-corrected chi connectivity index (χ2v) is 5.30. The lowest BCUT2D eigenvalue weighted by Gasteiger charge is -2.10. The van der Waals surface area contributed by atoms with E-state index < -0.39 is 0 Å². The molecule has 3 aromatic rings. The van der Waals surface area contributed by atoms with E-state index in [1.807, 2.05) is 24.3 Å². The van der Waals surface area contributed by atoms with Crippen molar-refractivity contribution in [3.05, 3.63) is 64.8 Å². The number of aryl methyl sites for hydroxylation is 1. The molecule has 0 aliphatic carbocycles. The highest BCUT2D eigenvalue weighted by Gasteiger charge is 2.08. The van der Waals surface area contributed by atoms with E-state index in [4.69, 9.17) is 16.3 Å². The van der Waals surface area contributed by atoms with Crippen molar-refractivity contribution < 1.29 is 4.74 Å². The summed E-state index contributed by atoms with van der Waals surface area (Å²) in [6.45, 7) is 2.89. The van der Waals surface area contributed by atoms with Crippen LogP contribution in [0, 0.1) is 6.92 Å². The van der Waals surface area contributed by atoms with E-state index >= 15 is 0 Å². The van der Waals surface area contributed by atoms with Gasteiger partial charge < -0.3 is 9.30 Å². The summed E-state index contributed by atoms with van der Waals surface area (Å²) in [5.74, 6) is 0.882. The van der Waals surface area contributed by atoms with Gasteiger partial charge in [-0.2, -0.15) is 0 Å². The summed E-state index contributed by atoms with van der Waals surface area (Å²) in [4.78, 5) is 0. The minimum Gasteiger partial charge on any atom is -0.497 e. The molecule has 0 aliphatic rings. The number of hydrogen-bond acceptors (Lipinski definition) is 1. The maximum atomic E-state index is 6.26.